The van der Waals surface area contributed by atoms with E-state index in [-0.39, 0.29) is 17.6 Å². The topological polar surface area (TPSA) is 63.4 Å². The summed E-state index contributed by atoms with van der Waals surface area (Å²) < 4.78 is 5.14. The van der Waals surface area contributed by atoms with E-state index >= 15 is 0 Å². The van der Waals surface area contributed by atoms with Gasteiger partial charge in [0.05, 0.1) is 10.6 Å². The van der Waals surface area contributed by atoms with Gasteiger partial charge in [0.1, 0.15) is 5.76 Å². The first-order chi connectivity index (χ1) is 11.6. The Morgan fingerprint density at radius 3 is 2.92 bits per heavy atom. The number of aryl methyl sites for hydroxylation is 2. The number of hydrogen-bond donors (Lipinski definition) is 0. The first-order valence-corrected chi connectivity index (χ1v) is 9.21. The van der Waals surface area contributed by atoms with E-state index < -0.39 is 0 Å². The van der Waals surface area contributed by atoms with Gasteiger partial charge in [0.25, 0.3) is 0 Å². The second kappa shape index (κ2) is 7.30. The van der Waals surface area contributed by atoms with Crippen molar-refractivity contribution in [2.75, 3.05) is 13.1 Å². The monoisotopic (exact) mass is 346 g/mol. The number of piperidine rings is 1. The van der Waals surface area contributed by atoms with Crippen LogP contribution in [0.4, 0.5) is 0 Å². The fraction of sp³-hybridized carbons (Fsp3) is 0.500. The average Bonchev–Trinajstić information content (AvgIpc) is 3.23. The molecule has 1 fully saturated rings. The fourth-order valence-corrected chi connectivity index (χ4v) is 4.03. The van der Waals surface area contributed by atoms with Crippen LogP contribution in [0.2, 0.25) is 0 Å². The minimum atomic E-state index is -0.0691. The van der Waals surface area contributed by atoms with Gasteiger partial charge in [-0.2, -0.15) is 0 Å². The summed E-state index contributed by atoms with van der Waals surface area (Å²) in [5.74, 6) is 0.997. The molecule has 0 bridgehead atoms. The van der Waals surface area contributed by atoms with E-state index in [0.29, 0.717) is 19.4 Å². The molecule has 24 heavy (non-hydrogen) atoms. The molecule has 0 aliphatic carbocycles. The van der Waals surface area contributed by atoms with Crippen molar-refractivity contribution >= 4 is 23.0 Å². The summed E-state index contributed by atoms with van der Waals surface area (Å²) >= 11 is 1.48. The van der Waals surface area contributed by atoms with E-state index in [1.54, 1.807) is 0 Å². The van der Waals surface area contributed by atoms with Gasteiger partial charge in [0.15, 0.2) is 5.78 Å². The van der Waals surface area contributed by atoms with Gasteiger partial charge >= 0.3 is 0 Å². The van der Waals surface area contributed by atoms with Crippen LogP contribution < -0.4 is 0 Å². The van der Waals surface area contributed by atoms with Crippen molar-refractivity contribution in [3.63, 3.8) is 0 Å². The number of hydrogen-bond acceptors (Lipinski definition) is 5. The van der Waals surface area contributed by atoms with Gasteiger partial charge in [-0.1, -0.05) is 11.2 Å². The molecule has 6 heteroatoms. The number of ketones is 1. The number of thiophene rings is 1. The average molecular weight is 346 g/mol. The van der Waals surface area contributed by atoms with Gasteiger partial charge in [-0.3, -0.25) is 9.59 Å². The Morgan fingerprint density at radius 1 is 1.42 bits per heavy atom. The van der Waals surface area contributed by atoms with Gasteiger partial charge in [-0.25, -0.2) is 0 Å². The van der Waals surface area contributed by atoms with Crippen LogP contribution in [0, 0.1) is 19.8 Å². The van der Waals surface area contributed by atoms with Gasteiger partial charge in [-0.15, -0.1) is 11.3 Å². The van der Waals surface area contributed by atoms with Crippen molar-refractivity contribution in [2.45, 2.75) is 39.5 Å². The molecule has 3 heterocycles. The highest BCUT2D eigenvalue weighted by Crippen LogP contribution is 2.24. The summed E-state index contributed by atoms with van der Waals surface area (Å²) in [6.07, 6.45) is 2.83. The van der Waals surface area contributed by atoms with Gasteiger partial charge in [0, 0.05) is 31.0 Å². The van der Waals surface area contributed by atoms with Crippen molar-refractivity contribution < 1.29 is 14.1 Å². The normalized spacial score (nSPS) is 17.9. The van der Waals surface area contributed by atoms with Crippen molar-refractivity contribution in [2.24, 2.45) is 5.92 Å². The lowest BCUT2D eigenvalue weighted by Crippen LogP contribution is -2.42. The van der Waals surface area contributed by atoms with Crippen molar-refractivity contribution in [3.05, 3.63) is 39.4 Å². The lowest BCUT2D eigenvalue weighted by Gasteiger charge is -2.32. The molecule has 0 saturated carbocycles. The van der Waals surface area contributed by atoms with Crippen LogP contribution >= 0.6 is 11.3 Å². The molecule has 0 N–H and O–H groups in total. The minimum absolute atomic E-state index is 0.0691. The quantitative estimate of drug-likeness (QED) is 0.778. The van der Waals surface area contributed by atoms with Crippen molar-refractivity contribution in [1.29, 1.82) is 0 Å². The third-order valence-electron chi connectivity index (χ3n) is 4.68. The van der Waals surface area contributed by atoms with Crippen LogP contribution in [0.25, 0.3) is 0 Å². The maximum atomic E-state index is 12.5. The molecule has 1 saturated heterocycles. The van der Waals surface area contributed by atoms with Crippen LogP contribution in [0.3, 0.4) is 0 Å². The molecule has 1 atom stereocenters. The maximum absolute atomic E-state index is 12.5. The lowest BCUT2D eigenvalue weighted by atomic mass is 9.92. The Bertz CT molecular complexity index is 701. The second-order valence-electron chi connectivity index (χ2n) is 6.32. The summed E-state index contributed by atoms with van der Waals surface area (Å²) in [4.78, 5) is 27.7. The minimum Gasteiger partial charge on any atom is -0.361 e. The summed E-state index contributed by atoms with van der Waals surface area (Å²) in [5, 5.41) is 5.85. The van der Waals surface area contributed by atoms with E-state index in [2.05, 4.69) is 5.16 Å². The number of aromatic nitrogens is 1. The zero-order chi connectivity index (χ0) is 17.1. The summed E-state index contributed by atoms with van der Waals surface area (Å²) in [6, 6.07) is 3.76. The number of carbonyl (C=O) groups excluding carboxylic acids is 2. The first kappa shape index (κ1) is 16.9. The van der Waals surface area contributed by atoms with Crippen LogP contribution in [-0.2, 0) is 11.2 Å². The van der Waals surface area contributed by atoms with E-state index in [1.165, 1.54) is 11.3 Å². The molecule has 3 rings (SSSR count). The molecule has 5 nitrogen and oxygen atoms in total. The SMILES string of the molecule is Cc1noc(C)c1CCC(=O)N1CCC[C@@H](C(=O)c2cccs2)C1. The number of rotatable bonds is 5. The number of Topliss-reactive ketones (excluding diaryl/α,β-unsaturated/α-hetero) is 1. The van der Waals surface area contributed by atoms with E-state index in [0.717, 1.165) is 41.3 Å². The molecule has 0 unspecified atom stereocenters. The van der Waals surface area contributed by atoms with Crippen molar-refractivity contribution in [3.8, 4) is 0 Å². The Hall–Kier alpha value is -1.95. The van der Waals surface area contributed by atoms with Gasteiger partial charge < -0.3 is 9.42 Å². The molecule has 0 aromatic carbocycles. The predicted octanol–water partition coefficient (Wildman–Crippen LogP) is 3.41. The number of nitrogens with zero attached hydrogens (tertiary/aromatic N) is 2. The van der Waals surface area contributed by atoms with E-state index in [4.69, 9.17) is 4.52 Å². The third-order valence-corrected chi connectivity index (χ3v) is 5.56. The molecular weight excluding hydrogens is 324 g/mol. The molecule has 2 aromatic rings. The Labute approximate surface area is 145 Å². The highest BCUT2D eigenvalue weighted by molar-refractivity contribution is 7.12. The first-order valence-electron chi connectivity index (χ1n) is 8.33. The summed E-state index contributed by atoms with van der Waals surface area (Å²) in [7, 11) is 0. The molecule has 2 aromatic heterocycles. The van der Waals surface area contributed by atoms with Crippen LogP contribution in [0.1, 0.15) is 46.0 Å². The Kier molecular flexibility index (Phi) is 5.14. The standard InChI is InChI=1S/C18H22N2O3S/c1-12-15(13(2)23-19-12)7-8-17(21)20-9-3-5-14(11-20)18(22)16-6-4-10-24-16/h4,6,10,14H,3,5,7-9,11H2,1-2H3/t14-/m1/s1. The molecule has 1 aliphatic rings. The largest absolute Gasteiger partial charge is 0.361 e. The summed E-state index contributed by atoms with van der Waals surface area (Å²) in [5.41, 5.74) is 1.87. The highest BCUT2D eigenvalue weighted by Gasteiger charge is 2.29. The zero-order valence-electron chi connectivity index (χ0n) is 14.1. The van der Waals surface area contributed by atoms with E-state index in [9.17, 15) is 9.59 Å². The predicted molar refractivity (Wildman–Crippen MR) is 92.3 cm³/mol. The molecule has 0 spiro atoms. The van der Waals surface area contributed by atoms with Gasteiger partial charge in [0.2, 0.25) is 5.91 Å². The van der Waals surface area contributed by atoms with Gasteiger partial charge in [-0.05, 0) is 44.6 Å². The van der Waals surface area contributed by atoms with Crippen LogP contribution in [0.15, 0.2) is 22.0 Å². The highest BCUT2D eigenvalue weighted by atomic mass is 32.1. The number of likely N-dealkylation sites (tertiary alicyclic amines) is 1. The number of amides is 1. The third kappa shape index (κ3) is 3.59. The zero-order valence-corrected chi connectivity index (χ0v) is 14.9. The Balaban J connectivity index is 1.58. The molecule has 1 aliphatic heterocycles. The fourth-order valence-electron chi connectivity index (χ4n) is 3.29. The maximum Gasteiger partial charge on any atom is 0.222 e. The Morgan fingerprint density at radius 2 is 2.25 bits per heavy atom. The smallest absolute Gasteiger partial charge is 0.222 e. The van der Waals surface area contributed by atoms with Crippen LogP contribution in [-0.4, -0.2) is 34.8 Å². The second-order valence-corrected chi connectivity index (χ2v) is 7.27. The van der Waals surface area contributed by atoms with Crippen LogP contribution in [0.5, 0.6) is 0 Å². The van der Waals surface area contributed by atoms with Crippen molar-refractivity contribution in [1.82, 2.24) is 10.1 Å². The summed E-state index contributed by atoms with van der Waals surface area (Å²) in [6.45, 7) is 5.05. The number of carbonyl (C=O) groups is 2. The molecule has 128 valence electrons. The van der Waals surface area contributed by atoms with E-state index in [1.807, 2.05) is 36.3 Å². The molecule has 0 radical (unpaired) electrons. The molecule has 1 amide bonds. The lowest BCUT2D eigenvalue weighted by molar-refractivity contribution is -0.132. The molecular formula is C18H22N2O3S.